The molecule has 0 aliphatic rings. The number of benzene rings is 2. The molecule has 10 heteroatoms. The topological polar surface area (TPSA) is 82.0 Å². The summed E-state index contributed by atoms with van der Waals surface area (Å²) in [6, 6.07) is 13.5. The summed E-state index contributed by atoms with van der Waals surface area (Å²) in [5.41, 5.74) is 4.34. The van der Waals surface area contributed by atoms with E-state index in [2.05, 4.69) is 15.1 Å². The second-order valence-corrected chi connectivity index (χ2v) is 9.12. The number of hydrogen-bond acceptors (Lipinski definition) is 6. The lowest BCUT2D eigenvalue weighted by Crippen LogP contribution is -2.28. The number of carbonyl (C=O) groups excluding carboxylic acids is 1. The number of rotatable bonds is 7. The number of para-hydroxylation sites is 2. The molecule has 178 valence electrons. The Balaban J connectivity index is 1.44. The van der Waals surface area contributed by atoms with E-state index in [0.29, 0.717) is 40.3 Å². The minimum Gasteiger partial charge on any atom is -0.440 e. The summed E-state index contributed by atoms with van der Waals surface area (Å²) in [6.07, 6.45) is 3.45. The average molecular weight is 491 g/mol. The molecule has 8 nitrogen and oxygen atoms in total. The molecule has 0 fully saturated rings. The minimum absolute atomic E-state index is 0.209. The highest BCUT2D eigenvalue weighted by atomic mass is 32.2. The smallest absolute Gasteiger partial charge is 0.272 e. The van der Waals surface area contributed by atoms with Crippen molar-refractivity contribution in [2.45, 2.75) is 24.4 Å². The van der Waals surface area contributed by atoms with Crippen LogP contribution in [0.15, 0.2) is 70.5 Å². The summed E-state index contributed by atoms with van der Waals surface area (Å²) < 4.78 is 22.9. The number of aromatic nitrogens is 5. The van der Waals surface area contributed by atoms with Gasteiger partial charge < -0.3 is 9.32 Å². The van der Waals surface area contributed by atoms with Crippen LogP contribution in [-0.4, -0.2) is 42.2 Å². The lowest BCUT2D eigenvalue weighted by Gasteiger charge is -2.18. The number of amides is 1. The van der Waals surface area contributed by atoms with Gasteiger partial charge >= 0.3 is 0 Å². The molecule has 0 saturated heterocycles. The first-order valence-electron chi connectivity index (χ1n) is 10.9. The summed E-state index contributed by atoms with van der Waals surface area (Å²) in [4.78, 5) is 24.1. The highest BCUT2D eigenvalue weighted by molar-refractivity contribution is 7.98. The van der Waals surface area contributed by atoms with Gasteiger partial charge in [-0.15, -0.1) is 0 Å². The second kappa shape index (κ2) is 9.38. The lowest BCUT2D eigenvalue weighted by molar-refractivity contribution is 0.0776. The van der Waals surface area contributed by atoms with Gasteiger partial charge in [-0.3, -0.25) is 14.0 Å². The Morgan fingerprint density at radius 1 is 1.17 bits per heavy atom. The molecule has 0 bridgehead atoms. The third-order valence-electron chi connectivity index (χ3n) is 5.57. The predicted molar refractivity (Wildman–Crippen MR) is 131 cm³/mol. The highest BCUT2D eigenvalue weighted by Gasteiger charge is 2.23. The van der Waals surface area contributed by atoms with Gasteiger partial charge in [0, 0.05) is 38.1 Å². The second-order valence-electron chi connectivity index (χ2n) is 8.18. The molecule has 0 aliphatic carbocycles. The van der Waals surface area contributed by atoms with Crippen LogP contribution in [0.4, 0.5) is 4.39 Å². The van der Waals surface area contributed by atoms with E-state index < -0.39 is 0 Å². The molecule has 0 spiro atoms. The third kappa shape index (κ3) is 4.69. The zero-order chi connectivity index (χ0) is 24.5. The molecule has 0 aliphatic heterocycles. The Bertz CT molecular complexity index is 1470. The molecular formula is C25H23FN6O2S. The van der Waals surface area contributed by atoms with Gasteiger partial charge in [0.2, 0.25) is 5.89 Å². The summed E-state index contributed by atoms with van der Waals surface area (Å²) in [6.45, 7) is 2.32. The van der Waals surface area contributed by atoms with E-state index in [0.717, 1.165) is 16.8 Å². The Hall–Kier alpha value is -3.92. The largest absolute Gasteiger partial charge is 0.440 e. The van der Waals surface area contributed by atoms with Crippen molar-refractivity contribution in [3.8, 4) is 5.69 Å². The van der Waals surface area contributed by atoms with Gasteiger partial charge in [0.25, 0.3) is 5.91 Å². The van der Waals surface area contributed by atoms with Crippen molar-refractivity contribution in [1.29, 1.82) is 0 Å². The maximum Gasteiger partial charge on any atom is 0.272 e. The molecule has 0 unspecified atom stereocenters. The van der Waals surface area contributed by atoms with E-state index in [4.69, 9.17) is 4.42 Å². The van der Waals surface area contributed by atoms with Gasteiger partial charge in [-0.05, 0) is 43.3 Å². The van der Waals surface area contributed by atoms with Crippen molar-refractivity contribution in [3.05, 3.63) is 89.6 Å². The molecule has 5 aromatic rings. The zero-order valence-corrected chi connectivity index (χ0v) is 20.3. The summed E-state index contributed by atoms with van der Waals surface area (Å²) in [5, 5.41) is 4.93. The summed E-state index contributed by atoms with van der Waals surface area (Å²) >= 11 is 1.39. The molecular weight excluding hydrogens is 467 g/mol. The van der Waals surface area contributed by atoms with Crippen LogP contribution in [0.1, 0.15) is 27.6 Å². The van der Waals surface area contributed by atoms with Gasteiger partial charge in [-0.25, -0.2) is 14.4 Å². The quantitative estimate of drug-likeness (QED) is 0.306. The van der Waals surface area contributed by atoms with Crippen LogP contribution >= 0.6 is 11.8 Å². The van der Waals surface area contributed by atoms with Crippen molar-refractivity contribution in [2.75, 3.05) is 7.05 Å². The third-order valence-corrected chi connectivity index (χ3v) is 6.50. The first kappa shape index (κ1) is 22.9. The number of halogens is 1. The average Bonchev–Trinajstić information content (AvgIpc) is 3.54. The van der Waals surface area contributed by atoms with E-state index in [1.807, 2.05) is 44.4 Å². The predicted octanol–water partition coefficient (Wildman–Crippen LogP) is 4.76. The fraction of sp³-hybridized carbons (Fsp3) is 0.200. The monoisotopic (exact) mass is 490 g/mol. The lowest BCUT2D eigenvalue weighted by atomic mass is 10.2. The molecule has 3 aromatic heterocycles. The maximum atomic E-state index is 13.6. The Labute approximate surface area is 205 Å². The number of hydrogen-bond donors (Lipinski definition) is 0. The number of fused-ring (bicyclic) bond motifs is 1. The fourth-order valence-corrected chi connectivity index (χ4v) is 4.70. The maximum absolute atomic E-state index is 13.6. The molecule has 0 atom stereocenters. The normalized spacial score (nSPS) is 11.3. The molecule has 35 heavy (non-hydrogen) atoms. The molecule has 3 heterocycles. The van der Waals surface area contributed by atoms with E-state index >= 15 is 0 Å². The number of imidazole rings is 1. The minimum atomic E-state index is -0.355. The number of carbonyl (C=O) groups is 1. The van der Waals surface area contributed by atoms with Crippen LogP contribution in [0.3, 0.4) is 0 Å². The van der Waals surface area contributed by atoms with Crippen molar-refractivity contribution < 1.29 is 13.6 Å². The van der Waals surface area contributed by atoms with Crippen LogP contribution in [0.5, 0.6) is 0 Å². The first-order valence-corrected chi connectivity index (χ1v) is 11.9. The summed E-state index contributed by atoms with van der Waals surface area (Å²) in [7, 11) is 3.59. The fourth-order valence-electron chi connectivity index (χ4n) is 3.86. The SMILES string of the molecule is Cc1nn(C)cc1CN(C)C(=O)c1cnc(SCc2nc3ccccc3o2)n1-c1ccc(F)cc1. The van der Waals surface area contributed by atoms with Crippen molar-refractivity contribution >= 4 is 28.8 Å². The van der Waals surface area contributed by atoms with Crippen LogP contribution in [0.25, 0.3) is 16.8 Å². The van der Waals surface area contributed by atoms with E-state index in [1.165, 1.54) is 23.9 Å². The standard InChI is InChI=1S/C25H23FN6O2S/c1-16-17(14-31(3)29-16)13-30(2)24(33)21-12-27-25(32(21)19-10-8-18(26)9-11-19)35-15-23-28-20-6-4-5-7-22(20)34-23/h4-12,14H,13,15H2,1-3H3. The van der Waals surface area contributed by atoms with Crippen LogP contribution in [-0.2, 0) is 19.3 Å². The van der Waals surface area contributed by atoms with E-state index in [-0.39, 0.29) is 11.7 Å². The van der Waals surface area contributed by atoms with Crippen LogP contribution in [0.2, 0.25) is 0 Å². The molecule has 2 aromatic carbocycles. The zero-order valence-electron chi connectivity index (χ0n) is 19.5. The van der Waals surface area contributed by atoms with Crippen molar-refractivity contribution in [3.63, 3.8) is 0 Å². The molecule has 5 rings (SSSR count). The van der Waals surface area contributed by atoms with E-state index in [9.17, 15) is 9.18 Å². The number of aryl methyl sites for hydroxylation is 2. The van der Waals surface area contributed by atoms with Crippen LogP contribution in [0, 0.1) is 12.7 Å². The molecule has 0 radical (unpaired) electrons. The highest BCUT2D eigenvalue weighted by Crippen LogP contribution is 2.28. The molecule has 0 saturated carbocycles. The number of nitrogens with zero attached hydrogens (tertiary/aromatic N) is 6. The Kier molecular flexibility index (Phi) is 6.12. The van der Waals surface area contributed by atoms with Gasteiger partial charge in [0.1, 0.15) is 17.0 Å². The van der Waals surface area contributed by atoms with Crippen molar-refractivity contribution in [1.82, 2.24) is 29.2 Å². The summed E-state index contributed by atoms with van der Waals surface area (Å²) in [5.74, 6) is 0.415. The van der Waals surface area contributed by atoms with Crippen molar-refractivity contribution in [2.24, 2.45) is 7.05 Å². The number of thioether (sulfide) groups is 1. The van der Waals surface area contributed by atoms with Gasteiger partial charge in [0.15, 0.2) is 10.7 Å². The van der Waals surface area contributed by atoms with Gasteiger partial charge in [0.05, 0.1) is 17.6 Å². The molecule has 0 N–H and O–H groups in total. The first-order chi connectivity index (χ1) is 16.9. The molecule has 1 amide bonds. The Morgan fingerprint density at radius 2 is 1.94 bits per heavy atom. The van der Waals surface area contributed by atoms with Gasteiger partial charge in [-0.1, -0.05) is 23.9 Å². The van der Waals surface area contributed by atoms with E-state index in [1.54, 1.807) is 39.5 Å². The van der Waals surface area contributed by atoms with Crippen LogP contribution < -0.4 is 0 Å². The van der Waals surface area contributed by atoms with Gasteiger partial charge in [-0.2, -0.15) is 5.10 Å². The number of oxazole rings is 1. The Morgan fingerprint density at radius 3 is 2.66 bits per heavy atom.